The van der Waals surface area contributed by atoms with Gasteiger partial charge in [-0.1, -0.05) is 11.6 Å². The predicted octanol–water partition coefficient (Wildman–Crippen LogP) is 2.79. The molecule has 1 fully saturated rings. The number of carbonyl (C=O) groups is 3. The summed E-state index contributed by atoms with van der Waals surface area (Å²) in [5.74, 6) is -0.113. The third-order valence-electron chi connectivity index (χ3n) is 4.92. The molecule has 0 radical (unpaired) electrons. The second-order valence-corrected chi connectivity index (χ2v) is 8.07. The molecule has 0 aromatic carbocycles. The van der Waals surface area contributed by atoms with Crippen molar-refractivity contribution in [1.82, 2.24) is 10.2 Å². The third-order valence-corrected chi connectivity index (χ3v) is 6.20. The van der Waals surface area contributed by atoms with Crippen molar-refractivity contribution in [2.75, 3.05) is 18.9 Å². The van der Waals surface area contributed by atoms with Gasteiger partial charge < -0.3 is 19.4 Å². The number of rotatable bonds is 7. The van der Waals surface area contributed by atoms with Gasteiger partial charge in [0.15, 0.2) is 6.61 Å². The SMILES string of the molecule is CC(=O)N1[C@@H](c2ccco2)SC[C@H]1C(=O)OCC(=O)NCCC1=CCCCC1. The summed E-state index contributed by atoms with van der Waals surface area (Å²) in [6.07, 6.45) is 9.29. The summed E-state index contributed by atoms with van der Waals surface area (Å²) in [4.78, 5) is 37.9. The molecule has 1 aromatic heterocycles. The number of carbonyl (C=O) groups excluding carboxylic acids is 3. The molecule has 0 saturated carbocycles. The van der Waals surface area contributed by atoms with Crippen molar-refractivity contribution in [3.63, 3.8) is 0 Å². The van der Waals surface area contributed by atoms with E-state index in [0.29, 0.717) is 18.1 Å². The van der Waals surface area contributed by atoms with Gasteiger partial charge >= 0.3 is 5.97 Å². The molecule has 2 aliphatic rings. The lowest BCUT2D eigenvalue weighted by molar-refractivity contribution is -0.156. The maximum Gasteiger partial charge on any atom is 0.330 e. The molecule has 28 heavy (non-hydrogen) atoms. The lowest BCUT2D eigenvalue weighted by Crippen LogP contribution is -2.43. The van der Waals surface area contributed by atoms with Crippen molar-refractivity contribution in [3.8, 4) is 0 Å². The van der Waals surface area contributed by atoms with Gasteiger partial charge in [0.25, 0.3) is 5.91 Å². The second kappa shape index (κ2) is 9.82. The number of nitrogens with zero attached hydrogens (tertiary/aromatic N) is 1. The summed E-state index contributed by atoms with van der Waals surface area (Å²) >= 11 is 1.44. The van der Waals surface area contributed by atoms with Crippen molar-refractivity contribution in [2.24, 2.45) is 0 Å². The van der Waals surface area contributed by atoms with Crippen molar-refractivity contribution in [1.29, 1.82) is 0 Å². The highest BCUT2D eigenvalue weighted by atomic mass is 32.2. The highest BCUT2D eigenvalue weighted by molar-refractivity contribution is 7.99. The molecular formula is C20H26N2O5S. The van der Waals surface area contributed by atoms with Crippen molar-refractivity contribution in [3.05, 3.63) is 35.8 Å². The molecule has 2 heterocycles. The molecule has 152 valence electrons. The van der Waals surface area contributed by atoms with E-state index in [1.54, 1.807) is 12.1 Å². The van der Waals surface area contributed by atoms with Crippen LogP contribution in [0.2, 0.25) is 0 Å². The van der Waals surface area contributed by atoms with E-state index in [4.69, 9.17) is 9.15 Å². The first-order chi connectivity index (χ1) is 13.6. The zero-order valence-corrected chi connectivity index (χ0v) is 16.8. The molecule has 7 nitrogen and oxygen atoms in total. The Kier molecular flexibility index (Phi) is 7.19. The predicted molar refractivity (Wildman–Crippen MR) is 105 cm³/mol. The van der Waals surface area contributed by atoms with Crippen LogP contribution in [-0.2, 0) is 19.1 Å². The normalized spacial score (nSPS) is 21.9. The zero-order chi connectivity index (χ0) is 19.9. The molecule has 1 aromatic rings. The van der Waals surface area contributed by atoms with Gasteiger partial charge in [-0.25, -0.2) is 4.79 Å². The van der Waals surface area contributed by atoms with Gasteiger partial charge in [-0.3, -0.25) is 9.59 Å². The van der Waals surface area contributed by atoms with Crippen LogP contribution in [-0.4, -0.2) is 47.6 Å². The van der Waals surface area contributed by atoms with E-state index in [9.17, 15) is 14.4 Å². The van der Waals surface area contributed by atoms with Crippen LogP contribution in [0.15, 0.2) is 34.5 Å². The number of allylic oxidation sites excluding steroid dienone is 1. The van der Waals surface area contributed by atoms with Gasteiger partial charge in [-0.2, -0.15) is 0 Å². The minimum absolute atomic E-state index is 0.237. The van der Waals surface area contributed by atoms with E-state index in [1.165, 1.54) is 48.3 Å². The van der Waals surface area contributed by atoms with Crippen LogP contribution < -0.4 is 5.32 Å². The summed E-state index contributed by atoms with van der Waals surface area (Å²) in [6, 6.07) is 2.79. The van der Waals surface area contributed by atoms with Crippen LogP contribution in [0.1, 0.15) is 50.2 Å². The molecular weight excluding hydrogens is 380 g/mol. The van der Waals surface area contributed by atoms with Crippen molar-refractivity contribution in [2.45, 2.75) is 50.4 Å². The number of thioether (sulfide) groups is 1. The Labute approximate surface area is 168 Å². The van der Waals surface area contributed by atoms with Crippen LogP contribution in [0.25, 0.3) is 0 Å². The van der Waals surface area contributed by atoms with E-state index < -0.39 is 12.0 Å². The third kappa shape index (κ3) is 5.19. The molecule has 2 amide bonds. The molecule has 1 aliphatic heterocycles. The first kappa shape index (κ1) is 20.5. The molecule has 1 saturated heterocycles. The van der Waals surface area contributed by atoms with Gasteiger partial charge in [-0.05, 0) is 44.2 Å². The Morgan fingerprint density at radius 3 is 2.89 bits per heavy atom. The van der Waals surface area contributed by atoms with Gasteiger partial charge in [-0.15, -0.1) is 11.8 Å². The van der Waals surface area contributed by atoms with Crippen LogP contribution in [0.5, 0.6) is 0 Å². The quantitative estimate of drug-likeness (QED) is 0.553. The number of nitrogens with one attached hydrogen (secondary N) is 1. The fourth-order valence-electron chi connectivity index (χ4n) is 3.50. The summed E-state index contributed by atoms with van der Waals surface area (Å²) in [6.45, 7) is 1.62. The van der Waals surface area contributed by atoms with Crippen molar-refractivity contribution >= 4 is 29.5 Å². The summed E-state index contributed by atoms with van der Waals surface area (Å²) in [7, 11) is 0. The fraction of sp³-hybridized carbons (Fsp3) is 0.550. The minimum Gasteiger partial charge on any atom is -0.466 e. The van der Waals surface area contributed by atoms with Gasteiger partial charge in [0.05, 0.1) is 6.26 Å². The molecule has 1 aliphatic carbocycles. The van der Waals surface area contributed by atoms with E-state index in [2.05, 4.69) is 11.4 Å². The monoisotopic (exact) mass is 406 g/mol. The van der Waals surface area contributed by atoms with Gasteiger partial charge in [0.1, 0.15) is 17.2 Å². The number of hydrogen-bond acceptors (Lipinski definition) is 6. The van der Waals surface area contributed by atoms with E-state index >= 15 is 0 Å². The Morgan fingerprint density at radius 1 is 1.36 bits per heavy atom. The lowest BCUT2D eigenvalue weighted by atomic mass is 9.97. The number of furan rings is 1. The molecule has 0 bridgehead atoms. The van der Waals surface area contributed by atoms with Crippen LogP contribution in [0.3, 0.4) is 0 Å². The first-order valence-electron chi connectivity index (χ1n) is 9.61. The van der Waals surface area contributed by atoms with Crippen molar-refractivity contribution < 1.29 is 23.5 Å². The number of hydrogen-bond donors (Lipinski definition) is 1. The van der Waals surface area contributed by atoms with Crippen LogP contribution >= 0.6 is 11.8 Å². The van der Waals surface area contributed by atoms with E-state index in [1.807, 2.05) is 0 Å². The first-order valence-corrected chi connectivity index (χ1v) is 10.7. The zero-order valence-electron chi connectivity index (χ0n) is 16.0. The molecule has 0 unspecified atom stereocenters. The molecule has 2 atom stereocenters. The second-order valence-electron chi connectivity index (χ2n) is 6.96. The average Bonchev–Trinajstić information content (AvgIpc) is 3.36. The van der Waals surface area contributed by atoms with E-state index in [-0.39, 0.29) is 23.8 Å². The molecule has 8 heteroatoms. The summed E-state index contributed by atoms with van der Waals surface area (Å²) in [5, 5.41) is 2.42. The Morgan fingerprint density at radius 2 is 2.21 bits per heavy atom. The van der Waals surface area contributed by atoms with Gasteiger partial charge in [0.2, 0.25) is 5.91 Å². The van der Waals surface area contributed by atoms with Gasteiger partial charge in [0, 0.05) is 19.2 Å². The molecule has 0 spiro atoms. The number of amides is 2. The number of ether oxygens (including phenoxy) is 1. The largest absolute Gasteiger partial charge is 0.466 e. The minimum atomic E-state index is -0.724. The van der Waals surface area contributed by atoms with Crippen LogP contribution in [0, 0.1) is 0 Å². The number of esters is 1. The average molecular weight is 407 g/mol. The Bertz CT molecular complexity index is 731. The lowest BCUT2D eigenvalue weighted by Gasteiger charge is -2.25. The molecule has 3 rings (SSSR count). The Hall–Kier alpha value is -2.22. The maximum atomic E-state index is 12.5. The topological polar surface area (TPSA) is 88.8 Å². The standard InChI is InChI=1S/C20H26N2O5S/c1-14(23)22-16(13-28-19(22)17-8-5-11-26-17)20(25)27-12-18(24)21-10-9-15-6-3-2-4-7-15/h5-6,8,11,16,19H,2-4,7,9-10,12-13H2,1H3,(H,21,24)/t16-,19+/m0/s1. The van der Waals surface area contributed by atoms with Crippen LogP contribution in [0.4, 0.5) is 0 Å². The highest BCUT2D eigenvalue weighted by Gasteiger charge is 2.43. The Balaban J connectivity index is 1.45. The summed E-state index contributed by atoms with van der Waals surface area (Å²) in [5.41, 5.74) is 1.38. The smallest absolute Gasteiger partial charge is 0.330 e. The van der Waals surface area contributed by atoms with E-state index in [0.717, 1.165) is 19.3 Å². The molecule has 1 N–H and O–H groups in total. The highest BCUT2D eigenvalue weighted by Crippen LogP contribution is 2.41. The fourth-order valence-corrected chi connectivity index (χ4v) is 4.92. The summed E-state index contributed by atoms with van der Waals surface area (Å²) < 4.78 is 10.6. The maximum absolute atomic E-state index is 12.5.